The van der Waals surface area contributed by atoms with Crippen LogP contribution in [0.2, 0.25) is 0 Å². The molecule has 1 fully saturated rings. The van der Waals surface area contributed by atoms with Crippen LogP contribution in [0.25, 0.3) is 0 Å². The van der Waals surface area contributed by atoms with Crippen LogP contribution in [0.5, 0.6) is 0 Å². The Balaban J connectivity index is 2.05. The molecule has 0 radical (unpaired) electrons. The van der Waals surface area contributed by atoms with Crippen LogP contribution in [0.15, 0.2) is 17.5 Å². The standard InChI is InChI=1S/C14H23NOS/c1-11-7-13(2,3)9-14(11,10-16)15-8-12-5-4-6-17-12/h4-6,11,15-16H,7-10H2,1-3H3. The van der Waals surface area contributed by atoms with Crippen molar-refractivity contribution >= 4 is 11.3 Å². The molecule has 2 atom stereocenters. The van der Waals surface area contributed by atoms with Crippen LogP contribution >= 0.6 is 11.3 Å². The molecule has 1 heterocycles. The van der Waals surface area contributed by atoms with Crippen molar-refractivity contribution in [3.8, 4) is 0 Å². The quantitative estimate of drug-likeness (QED) is 0.864. The van der Waals surface area contributed by atoms with Gasteiger partial charge in [-0.05, 0) is 35.6 Å². The maximum Gasteiger partial charge on any atom is 0.0616 e. The molecular weight excluding hydrogens is 230 g/mol. The van der Waals surface area contributed by atoms with Crippen LogP contribution < -0.4 is 5.32 Å². The van der Waals surface area contributed by atoms with Crippen LogP contribution in [-0.2, 0) is 6.54 Å². The SMILES string of the molecule is CC1CC(C)(C)CC1(CO)NCc1cccs1. The molecular formula is C14H23NOS. The lowest BCUT2D eigenvalue weighted by Gasteiger charge is -2.33. The fourth-order valence-corrected chi connectivity index (χ4v) is 3.95. The second kappa shape index (κ2) is 4.71. The van der Waals surface area contributed by atoms with Gasteiger partial charge in [0.05, 0.1) is 6.61 Å². The minimum Gasteiger partial charge on any atom is -0.394 e. The predicted octanol–water partition coefficient (Wildman–Crippen LogP) is 3.02. The summed E-state index contributed by atoms with van der Waals surface area (Å²) in [5, 5.41) is 15.5. The average Bonchev–Trinajstić information content (AvgIpc) is 2.82. The van der Waals surface area contributed by atoms with Crippen LogP contribution in [0.1, 0.15) is 38.5 Å². The normalized spacial score (nSPS) is 31.9. The first-order valence-electron chi connectivity index (χ1n) is 6.36. The Morgan fingerprint density at radius 2 is 2.29 bits per heavy atom. The Kier molecular flexibility index (Phi) is 3.62. The van der Waals surface area contributed by atoms with Gasteiger partial charge in [-0.2, -0.15) is 0 Å². The lowest BCUT2D eigenvalue weighted by Crippen LogP contribution is -2.50. The smallest absolute Gasteiger partial charge is 0.0616 e. The van der Waals surface area contributed by atoms with Crippen molar-refractivity contribution in [1.29, 1.82) is 0 Å². The van der Waals surface area contributed by atoms with Gasteiger partial charge in [0.25, 0.3) is 0 Å². The van der Waals surface area contributed by atoms with Crippen molar-refractivity contribution < 1.29 is 5.11 Å². The van der Waals surface area contributed by atoms with E-state index in [2.05, 4.69) is 43.6 Å². The predicted molar refractivity (Wildman–Crippen MR) is 73.2 cm³/mol. The minimum atomic E-state index is -0.0898. The number of hydrogen-bond donors (Lipinski definition) is 2. The Hall–Kier alpha value is -0.380. The molecule has 2 unspecified atom stereocenters. The molecule has 0 aromatic carbocycles. The third-order valence-corrected chi connectivity index (χ3v) is 4.95. The zero-order valence-electron chi connectivity index (χ0n) is 11.0. The molecule has 1 aromatic heterocycles. The van der Waals surface area contributed by atoms with Crippen LogP contribution in [0.4, 0.5) is 0 Å². The summed E-state index contributed by atoms with van der Waals surface area (Å²) in [5.74, 6) is 0.530. The molecule has 0 amide bonds. The number of thiophene rings is 1. The Morgan fingerprint density at radius 3 is 2.76 bits per heavy atom. The van der Waals surface area contributed by atoms with Gasteiger partial charge in [-0.3, -0.25) is 0 Å². The molecule has 1 saturated carbocycles. The largest absolute Gasteiger partial charge is 0.394 e. The molecule has 0 aliphatic heterocycles. The minimum absolute atomic E-state index is 0.0898. The first-order valence-corrected chi connectivity index (χ1v) is 7.24. The van der Waals surface area contributed by atoms with Gasteiger partial charge in [0.15, 0.2) is 0 Å². The molecule has 96 valence electrons. The van der Waals surface area contributed by atoms with Crippen LogP contribution in [0, 0.1) is 11.3 Å². The summed E-state index contributed by atoms with van der Waals surface area (Å²) in [5.41, 5.74) is 0.248. The van der Waals surface area contributed by atoms with Gasteiger partial charge in [0.2, 0.25) is 0 Å². The topological polar surface area (TPSA) is 32.3 Å². The van der Waals surface area contributed by atoms with Crippen molar-refractivity contribution in [2.45, 2.75) is 45.7 Å². The lowest BCUT2D eigenvalue weighted by molar-refractivity contribution is 0.124. The molecule has 0 spiro atoms. The van der Waals surface area contributed by atoms with E-state index in [-0.39, 0.29) is 12.1 Å². The summed E-state index contributed by atoms with van der Waals surface area (Å²) in [6.45, 7) is 7.97. The lowest BCUT2D eigenvalue weighted by atomic mass is 9.87. The van der Waals surface area contributed by atoms with Gasteiger partial charge < -0.3 is 10.4 Å². The van der Waals surface area contributed by atoms with E-state index in [1.807, 2.05) is 0 Å². The van der Waals surface area contributed by atoms with E-state index in [4.69, 9.17) is 0 Å². The highest BCUT2D eigenvalue weighted by Crippen LogP contribution is 2.47. The first kappa shape index (κ1) is 13.1. The molecule has 0 bridgehead atoms. The number of aliphatic hydroxyl groups is 1. The number of rotatable bonds is 4. The highest BCUT2D eigenvalue weighted by atomic mass is 32.1. The van der Waals surface area contributed by atoms with Crippen LogP contribution in [-0.4, -0.2) is 17.3 Å². The summed E-state index contributed by atoms with van der Waals surface area (Å²) in [7, 11) is 0. The molecule has 2 nitrogen and oxygen atoms in total. The summed E-state index contributed by atoms with van der Waals surface area (Å²) >= 11 is 1.77. The van der Waals surface area contributed by atoms with Crippen molar-refractivity contribution in [2.24, 2.45) is 11.3 Å². The zero-order chi connectivity index (χ0) is 12.5. The van der Waals surface area contributed by atoms with Crippen LogP contribution in [0.3, 0.4) is 0 Å². The molecule has 0 saturated heterocycles. The van der Waals surface area contributed by atoms with E-state index >= 15 is 0 Å². The van der Waals surface area contributed by atoms with Gasteiger partial charge in [0.1, 0.15) is 0 Å². The molecule has 1 aliphatic carbocycles. The molecule has 1 aliphatic rings. The van der Waals surface area contributed by atoms with E-state index in [9.17, 15) is 5.11 Å². The van der Waals surface area contributed by atoms with Crippen molar-refractivity contribution in [3.63, 3.8) is 0 Å². The van der Waals surface area contributed by atoms with E-state index < -0.39 is 0 Å². The fourth-order valence-electron chi connectivity index (χ4n) is 3.31. The van der Waals surface area contributed by atoms with Gasteiger partial charge >= 0.3 is 0 Å². The highest BCUT2D eigenvalue weighted by Gasteiger charge is 2.47. The van der Waals surface area contributed by atoms with E-state index in [1.165, 1.54) is 11.3 Å². The number of nitrogens with one attached hydrogen (secondary N) is 1. The number of aliphatic hydroxyl groups excluding tert-OH is 1. The third-order valence-electron chi connectivity index (χ3n) is 4.07. The Bertz CT molecular complexity index is 360. The van der Waals surface area contributed by atoms with Gasteiger partial charge in [0, 0.05) is 17.0 Å². The summed E-state index contributed by atoms with van der Waals surface area (Å²) < 4.78 is 0. The first-order chi connectivity index (χ1) is 7.97. The monoisotopic (exact) mass is 253 g/mol. The van der Waals surface area contributed by atoms with E-state index in [0.29, 0.717) is 11.3 Å². The van der Waals surface area contributed by atoms with Crippen molar-refractivity contribution in [2.75, 3.05) is 6.61 Å². The maximum absolute atomic E-state index is 9.79. The third kappa shape index (κ3) is 2.72. The maximum atomic E-state index is 9.79. The fraction of sp³-hybridized carbons (Fsp3) is 0.714. The molecule has 2 N–H and O–H groups in total. The summed E-state index contributed by atoms with van der Waals surface area (Å²) in [4.78, 5) is 1.34. The molecule has 2 rings (SSSR count). The van der Waals surface area contributed by atoms with Gasteiger partial charge in [-0.1, -0.05) is 26.8 Å². The highest BCUT2D eigenvalue weighted by molar-refractivity contribution is 7.09. The summed E-state index contributed by atoms with van der Waals surface area (Å²) in [6, 6.07) is 4.23. The van der Waals surface area contributed by atoms with Crippen molar-refractivity contribution in [3.05, 3.63) is 22.4 Å². The van der Waals surface area contributed by atoms with E-state index in [1.54, 1.807) is 11.3 Å². The molecule has 3 heteroatoms. The second-order valence-corrected chi connectivity index (χ2v) is 7.23. The zero-order valence-corrected chi connectivity index (χ0v) is 11.8. The second-order valence-electron chi connectivity index (χ2n) is 6.19. The van der Waals surface area contributed by atoms with Crippen molar-refractivity contribution in [1.82, 2.24) is 5.32 Å². The molecule has 1 aromatic rings. The number of hydrogen-bond acceptors (Lipinski definition) is 3. The van der Waals surface area contributed by atoms with Gasteiger partial charge in [-0.15, -0.1) is 11.3 Å². The molecule has 17 heavy (non-hydrogen) atoms. The average molecular weight is 253 g/mol. The summed E-state index contributed by atoms with van der Waals surface area (Å²) in [6.07, 6.45) is 2.24. The Labute approximate surface area is 108 Å². The van der Waals surface area contributed by atoms with E-state index in [0.717, 1.165) is 13.0 Å². The Morgan fingerprint density at radius 1 is 1.53 bits per heavy atom. The van der Waals surface area contributed by atoms with Gasteiger partial charge in [-0.25, -0.2) is 0 Å².